The molecular formula is C20H24N2O4S. The van der Waals surface area contributed by atoms with Gasteiger partial charge in [0.05, 0.1) is 23.3 Å². The van der Waals surface area contributed by atoms with Gasteiger partial charge in [-0.25, -0.2) is 13.2 Å². The minimum Gasteiger partial charge on any atom is -0.384 e. The Bertz CT molecular complexity index is 894. The summed E-state index contributed by atoms with van der Waals surface area (Å²) in [7, 11) is -1.91. The number of rotatable bonds is 6. The van der Waals surface area contributed by atoms with Gasteiger partial charge in [0.2, 0.25) is 0 Å². The largest absolute Gasteiger partial charge is 0.384 e. The number of carbonyl (C=O) groups excluding carboxylic acids is 1. The predicted octanol–water partition coefficient (Wildman–Crippen LogP) is 3.31. The molecule has 6 nitrogen and oxygen atoms in total. The molecule has 1 atom stereocenters. The van der Waals surface area contributed by atoms with Crippen molar-refractivity contribution in [3.05, 3.63) is 59.7 Å². The smallest absolute Gasteiger partial charge is 0.319 e. The molecule has 3 rings (SSSR count). The number of aryl methyl sites for hydroxylation is 1. The molecule has 27 heavy (non-hydrogen) atoms. The molecule has 1 aliphatic carbocycles. The van der Waals surface area contributed by atoms with E-state index in [4.69, 9.17) is 4.74 Å². The van der Waals surface area contributed by atoms with E-state index in [1.165, 1.54) is 30.4 Å². The average molecular weight is 388 g/mol. The van der Waals surface area contributed by atoms with Crippen molar-refractivity contribution in [2.75, 3.05) is 24.8 Å². The molecule has 1 aliphatic rings. The number of fused-ring (bicyclic) bond motifs is 1. The van der Waals surface area contributed by atoms with Crippen LogP contribution in [0, 0.1) is 0 Å². The summed E-state index contributed by atoms with van der Waals surface area (Å²) in [6.07, 6.45) is 2.98. The summed E-state index contributed by atoms with van der Waals surface area (Å²) < 4.78 is 29.1. The van der Waals surface area contributed by atoms with Crippen LogP contribution in [0.5, 0.6) is 0 Å². The molecule has 0 heterocycles. The molecule has 1 unspecified atom stereocenters. The summed E-state index contributed by atoms with van der Waals surface area (Å²) in [5.74, 6) is -0.0716. The standard InChI is InChI=1S/C20H24N2O4S/c1-26-13-14-27(24,25)17-11-9-16(10-12-17)21-20(23)22-19-8-4-6-15-5-2-3-7-18(15)19/h2-3,5,7,9-12,19H,4,6,8,13-14H2,1H3,(H2,21,22,23). The van der Waals surface area contributed by atoms with Gasteiger partial charge in [-0.15, -0.1) is 0 Å². The molecule has 2 aromatic rings. The van der Waals surface area contributed by atoms with Crippen LogP contribution in [0.25, 0.3) is 0 Å². The van der Waals surface area contributed by atoms with E-state index in [2.05, 4.69) is 22.8 Å². The number of hydrogen-bond donors (Lipinski definition) is 2. The molecule has 0 bridgehead atoms. The Balaban J connectivity index is 1.62. The molecular weight excluding hydrogens is 364 g/mol. The van der Waals surface area contributed by atoms with Crippen LogP contribution in [-0.2, 0) is 21.0 Å². The van der Waals surface area contributed by atoms with Crippen LogP contribution in [0.4, 0.5) is 10.5 Å². The van der Waals surface area contributed by atoms with E-state index in [0.717, 1.165) is 19.3 Å². The van der Waals surface area contributed by atoms with E-state index < -0.39 is 9.84 Å². The zero-order chi connectivity index (χ0) is 19.3. The molecule has 2 aromatic carbocycles. The van der Waals surface area contributed by atoms with Crippen molar-refractivity contribution < 1.29 is 17.9 Å². The Morgan fingerprint density at radius 2 is 1.89 bits per heavy atom. The molecule has 144 valence electrons. The highest BCUT2D eigenvalue weighted by molar-refractivity contribution is 7.91. The molecule has 0 aromatic heterocycles. The number of methoxy groups -OCH3 is 1. The third-order valence-electron chi connectivity index (χ3n) is 4.70. The summed E-state index contributed by atoms with van der Waals surface area (Å²) >= 11 is 0. The van der Waals surface area contributed by atoms with Crippen LogP contribution in [0.2, 0.25) is 0 Å². The maximum Gasteiger partial charge on any atom is 0.319 e. The van der Waals surface area contributed by atoms with Gasteiger partial charge in [-0.05, 0) is 54.7 Å². The summed E-state index contributed by atoms with van der Waals surface area (Å²) in [4.78, 5) is 12.6. The third kappa shape index (κ3) is 4.87. The molecule has 2 N–H and O–H groups in total. The molecule has 7 heteroatoms. The van der Waals surface area contributed by atoms with Crippen LogP contribution in [0.1, 0.15) is 30.0 Å². The maximum atomic E-state index is 12.4. The zero-order valence-corrected chi connectivity index (χ0v) is 16.1. The molecule has 0 fully saturated rings. The van der Waals surface area contributed by atoms with Crippen molar-refractivity contribution in [1.82, 2.24) is 5.32 Å². The van der Waals surface area contributed by atoms with E-state index in [0.29, 0.717) is 5.69 Å². The van der Waals surface area contributed by atoms with Gasteiger partial charge in [-0.2, -0.15) is 0 Å². The fourth-order valence-electron chi connectivity index (χ4n) is 3.29. The zero-order valence-electron chi connectivity index (χ0n) is 15.3. The lowest BCUT2D eigenvalue weighted by molar-refractivity contribution is 0.217. The number of carbonyl (C=O) groups is 1. The van der Waals surface area contributed by atoms with Gasteiger partial charge in [0, 0.05) is 12.8 Å². The highest BCUT2D eigenvalue weighted by Crippen LogP contribution is 2.29. The Labute approximate surface area is 159 Å². The van der Waals surface area contributed by atoms with Gasteiger partial charge >= 0.3 is 6.03 Å². The number of hydrogen-bond acceptors (Lipinski definition) is 4. The molecule has 2 amide bonds. The first-order chi connectivity index (χ1) is 13.0. The topological polar surface area (TPSA) is 84.5 Å². The average Bonchev–Trinajstić information content (AvgIpc) is 2.67. The fourth-order valence-corrected chi connectivity index (χ4v) is 4.46. The molecule has 0 saturated heterocycles. The van der Waals surface area contributed by atoms with Crippen molar-refractivity contribution in [3.8, 4) is 0 Å². The van der Waals surface area contributed by atoms with E-state index in [1.807, 2.05) is 12.1 Å². The van der Waals surface area contributed by atoms with E-state index in [1.54, 1.807) is 12.1 Å². The van der Waals surface area contributed by atoms with Crippen molar-refractivity contribution in [3.63, 3.8) is 0 Å². The second-order valence-electron chi connectivity index (χ2n) is 6.58. The predicted molar refractivity (Wildman–Crippen MR) is 105 cm³/mol. The lowest BCUT2D eigenvalue weighted by Gasteiger charge is -2.26. The second-order valence-corrected chi connectivity index (χ2v) is 8.69. The normalized spacial score (nSPS) is 16.4. The Morgan fingerprint density at radius 1 is 1.15 bits per heavy atom. The lowest BCUT2D eigenvalue weighted by atomic mass is 9.88. The molecule has 0 aliphatic heterocycles. The van der Waals surface area contributed by atoms with Crippen LogP contribution in [-0.4, -0.2) is 33.9 Å². The highest BCUT2D eigenvalue weighted by Gasteiger charge is 2.21. The monoisotopic (exact) mass is 388 g/mol. The quantitative estimate of drug-likeness (QED) is 0.795. The summed E-state index contributed by atoms with van der Waals surface area (Å²) in [5.41, 5.74) is 2.99. The van der Waals surface area contributed by atoms with Crippen LogP contribution < -0.4 is 10.6 Å². The SMILES string of the molecule is COCCS(=O)(=O)c1ccc(NC(=O)NC2CCCc3ccccc32)cc1. The van der Waals surface area contributed by atoms with E-state index in [-0.39, 0.29) is 29.3 Å². The Kier molecular flexibility index (Phi) is 6.13. The Morgan fingerprint density at radius 3 is 2.63 bits per heavy atom. The first-order valence-electron chi connectivity index (χ1n) is 8.97. The first-order valence-corrected chi connectivity index (χ1v) is 10.6. The van der Waals surface area contributed by atoms with Crippen LogP contribution >= 0.6 is 0 Å². The molecule has 0 saturated carbocycles. The molecule has 0 spiro atoms. The van der Waals surface area contributed by atoms with Gasteiger partial charge < -0.3 is 15.4 Å². The number of amides is 2. The number of anilines is 1. The third-order valence-corrected chi connectivity index (χ3v) is 6.40. The number of ether oxygens (including phenoxy) is 1. The summed E-state index contributed by atoms with van der Waals surface area (Å²) in [5, 5.41) is 5.78. The highest BCUT2D eigenvalue weighted by atomic mass is 32.2. The van der Waals surface area contributed by atoms with Crippen molar-refractivity contribution in [2.45, 2.75) is 30.2 Å². The van der Waals surface area contributed by atoms with Gasteiger partial charge in [0.25, 0.3) is 0 Å². The minimum atomic E-state index is -3.38. The van der Waals surface area contributed by atoms with Crippen molar-refractivity contribution >= 4 is 21.6 Å². The maximum absolute atomic E-state index is 12.4. The number of nitrogens with one attached hydrogen (secondary N) is 2. The van der Waals surface area contributed by atoms with Gasteiger partial charge in [0.1, 0.15) is 0 Å². The summed E-state index contributed by atoms with van der Waals surface area (Å²) in [6.45, 7) is 0.146. The first kappa shape index (κ1) is 19.4. The second kappa shape index (κ2) is 8.54. The number of benzene rings is 2. The van der Waals surface area contributed by atoms with E-state index >= 15 is 0 Å². The van der Waals surface area contributed by atoms with Crippen LogP contribution in [0.15, 0.2) is 53.4 Å². The van der Waals surface area contributed by atoms with Crippen molar-refractivity contribution in [1.29, 1.82) is 0 Å². The summed E-state index contributed by atoms with van der Waals surface area (Å²) in [6, 6.07) is 14.0. The lowest BCUT2D eigenvalue weighted by Crippen LogP contribution is -2.34. The van der Waals surface area contributed by atoms with Gasteiger partial charge in [-0.3, -0.25) is 0 Å². The number of sulfone groups is 1. The minimum absolute atomic E-state index is 0.0105. The van der Waals surface area contributed by atoms with Crippen LogP contribution in [0.3, 0.4) is 0 Å². The Hall–Kier alpha value is -2.38. The van der Waals surface area contributed by atoms with E-state index in [9.17, 15) is 13.2 Å². The molecule has 0 radical (unpaired) electrons. The van der Waals surface area contributed by atoms with Gasteiger partial charge in [0.15, 0.2) is 9.84 Å². The van der Waals surface area contributed by atoms with Crippen molar-refractivity contribution in [2.24, 2.45) is 0 Å². The fraction of sp³-hybridized carbons (Fsp3) is 0.350. The van der Waals surface area contributed by atoms with Gasteiger partial charge in [-0.1, -0.05) is 24.3 Å². The number of urea groups is 1.